The van der Waals surface area contributed by atoms with Crippen molar-refractivity contribution in [1.82, 2.24) is 20.2 Å². The van der Waals surface area contributed by atoms with E-state index in [1.807, 2.05) is 38.1 Å². The molecule has 1 aliphatic heterocycles. The van der Waals surface area contributed by atoms with Crippen LogP contribution in [0.1, 0.15) is 24.1 Å². The maximum Gasteiger partial charge on any atom is 0.255 e. The summed E-state index contributed by atoms with van der Waals surface area (Å²) in [5.74, 6) is 0.962. The Morgan fingerprint density at radius 1 is 1.13 bits per heavy atom. The van der Waals surface area contributed by atoms with E-state index in [-0.39, 0.29) is 5.91 Å². The maximum absolute atomic E-state index is 13.5. The number of aryl methyl sites for hydroxylation is 1. The molecule has 0 radical (unpaired) electrons. The van der Waals surface area contributed by atoms with Crippen LogP contribution in [0.4, 0.5) is 11.6 Å². The summed E-state index contributed by atoms with van der Waals surface area (Å²) in [5, 5.41) is 18.3. The molecular formula is C21H21ClN6O3. The van der Waals surface area contributed by atoms with Crippen LogP contribution in [0.3, 0.4) is 0 Å². The van der Waals surface area contributed by atoms with E-state index in [1.165, 1.54) is 14.2 Å². The highest BCUT2D eigenvalue weighted by molar-refractivity contribution is 6.32. The maximum atomic E-state index is 13.5. The van der Waals surface area contributed by atoms with Gasteiger partial charge in [-0.25, -0.2) is 0 Å². The van der Waals surface area contributed by atoms with E-state index < -0.39 is 6.04 Å². The number of allylic oxidation sites excluding steroid dienone is 1. The highest BCUT2D eigenvalue weighted by Crippen LogP contribution is 2.38. The molecule has 3 aromatic rings. The third-order valence-corrected chi connectivity index (χ3v) is 5.37. The van der Waals surface area contributed by atoms with Crippen molar-refractivity contribution in [2.75, 3.05) is 24.9 Å². The molecule has 0 saturated carbocycles. The summed E-state index contributed by atoms with van der Waals surface area (Å²) in [6, 6.07) is 10.6. The Kier molecular flexibility index (Phi) is 5.51. The number of nitrogens with one attached hydrogen (secondary N) is 2. The fourth-order valence-corrected chi connectivity index (χ4v) is 3.74. The quantitative estimate of drug-likeness (QED) is 0.625. The molecule has 0 aliphatic carbocycles. The monoisotopic (exact) mass is 440 g/mol. The first kappa shape index (κ1) is 20.7. The molecule has 9 nitrogen and oxygen atoms in total. The second-order valence-electron chi connectivity index (χ2n) is 7.07. The molecule has 1 amide bonds. The van der Waals surface area contributed by atoms with Gasteiger partial charge >= 0.3 is 0 Å². The number of hydrogen-bond donors (Lipinski definition) is 2. The lowest BCUT2D eigenvalue weighted by Crippen LogP contribution is -2.31. The van der Waals surface area contributed by atoms with Crippen molar-refractivity contribution in [1.29, 1.82) is 0 Å². The average molecular weight is 441 g/mol. The summed E-state index contributed by atoms with van der Waals surface area (Å²) in [5.41, 5.74) is 3.54. The summed E-state index contributed by atoms with van der Waals surface area (Å²) in [4.78, 5) is 13.5. The Hall–Kier alpha value is -3.59. The molecule has 1 atom stereocenters. The molecule has 0 fully saturated rings. The van der Waals surface area contributed by atoms with Gasteiger partial charge in [-0.15, -0.1) is 0 Å². The number of methoxy groups -OCH3 is 2. The van der Waals surface area contributed by atoms with Crippen molar-refractivity contribution in [3.05, 3.63) is 63.8 Å². The van der Waals surface area contributed by atoms with E-state index in [0.717, 1.165) is 11.1 Å². The second kappa shape index (κ2) is 8.27. The van der Waals surface area contributed by atoms with E-state index in [4.69, 9.17) is 21.1 Å². The van der Waals surface area contributed by atoms with E-state index >= 15 is 0 Å². The number of nitrogens with zero attached hydrogens (tertiary/aromatic N) is 4. The predicted octanol–water partition coefficient (Wildman–Crippen LogP) is 3.58. The molecule has 10 heteroatoms. The van der Waals surface area contributed by atoms with E-state index in [9.17, 15) is 4.79 Å². The van der Waals surface area contributed by atoms with Gasteiger partial charge < -0.3 is 20.1 Å². The molecule has 160 valence electrons. The van der Waals surface area contributed by atoms with Crippen molar-refractivity contribution in [2.45, 2.75) is 19.9 Å². The topological polar surface area (TPSA) is 103 Å². The highest BCUT2D eigenvalue weighted by atomic mass is 35.5. The van der Waals surface area contributed by atoms with Crippen LogP contribution in [0.5, 0.6) is 11.5 Å². The minimum absolute atomic E-state index is 0.334. The Morgan fingerprint density at radius 3 is 2.52 bits per heavy atom. The zero-order valence-corrected chi connectivity index (χ0v) is 18.2. The molecule has 2 aromatic carbocycles. The van der Waals surface area contributed by atoms with Gasteiger partial charge in [0.1, 0.15) is 17.5 Å². The van der Waals surface area contributed by atoms with Gasteiger partial charge in [0.2, 0.25) is 5.95 Å². The molecule has 2 heterocycles. The lowest BCUT2D eigenvalue weighted by atomic mass is 9.94. The number of carbonyl (C=O) groups excluding carboxylic acids is 1. The molecule has 31 heavy (non-hydrogen) atoms. The number of amides is 1. The van der Waals surface area contributed by atoms with Crippen molar-refractivity contribution >= 4 is 29.1 Å². The lowest BCUT2D eigenvalue weighted by Gasteiger charge is -2.28. The van der Waals surface area contributed by atoms with Gasteiger partial charge in [0.25, 0.3) is 5.91 Å². The molecule has 0 spiro atoms. The minimum atomic E-state index is -0.507. The van der Waals surface area contributed by atoms with Crippen molar-refractivity contribution in [3.63, 3.8) is 0 Å². The molecule has 1 aliphatic rings. The number of anilines is 2. The fourth-order valence-electron chi connectivity index (χ4n) is 3.51. The second-order valence-corrected chi connectivity index (χ2v) is 7.47. The minimum Gasteiger partial charge on any atom is -0.495 e. The first-order chi connectivity index (χ1) is 14.9. The summed E-state index contributed by atoms with van der Waals surface area (Å²) in [6.07, 6.45) is 0. The summed E-state index contributed by atoms with van der Waals surface area (Å²) < 4.78 is 12.3. The SMILES string of the molecule is COc1cc(NC(=O)C2=C(C)Nc3nnnn3[C@H]2c2ccc(C)cc2)c(OC)cc1Cl. The average Bonchev–Trinajstić information content (AvgIpc) is 3.22. The van der Waals surface area contributed by atoms with Crippen LogP contribution in [0.2, 0.25) is 5.02 Å². The molecule has 4 rings (SSSR count). The van der Waals surface area contributed by atoms with Crippen molar-refractivity contribution in [3.8, 4) is 11.5 Å². The van der Waals surface area contributed by atoms with Crippen LogP contribution >= 0.6 is 11.6 Å². The van der Waals surface area contributed by atoms with Gasteiger partial charge in [0.15, 0.2) is 0 Å². The first-order valence-corrected chi connectivity index (χ1v) is 9.85. The fraction of sp³-hybridized carbons (Fsp3) is 0.238. The third kappa shape index (κ3) is 3.79. The number of hydrogen-bond acceptors (Lipinski definition) is 7. The molecule has 0 bridgehead atoms. The largest absolute Gasteiger partial charge is 0.495 e. The Morgan fingerprint density at radius 2 is 1.84 bits per heavy atom. The van der Waals surface area contributed by atoms with Gasteiger partial charge in [-0.05, 0) is 29.8 Å². The Labute approximate surface area is 184 Å². The van der Waals surface area contributed by atoms with E-state index in [1.54, 1.807) is 16.8 Å². The summed E-state index contributed by atoms with van der Waals surface area (Å²) in [7, 11) is 3.01. The van der Waals surface area contributed by atoms with Crippen LogP contribution in [0.25, 0.3) is 0 Å². The molecular weight excluding hydrogens is 420 g/mol. The first-order valence-electron chi connectivity index (χ1n) is 9.48. The number of carbonyl (C=O) groups is 1. The summed E-state index contributed by atoms with van der Waals surface area (Å²) in [6.45, 7) is 3.82. The number of benzene rings is 2. The predicted molar refractivity (Wildman–Crippen MR) is 117 cm³/mol. The zero-order chi connectivity index (χ0) is 22.1. The number of rotatable bonds is 5. The molecule has 0 unspecified atom stereocenters. The van der Waals surface area contributed by atoms with Gasteiger partial charge in [-0.2, -0.15) is 4.68 Å². The van der Waals surface area contributed by atoms with E-state index in [2.05, 4.69) is 26.2 Å². The number of fused-ring (bicyclic) bond motifs is 1. The number of halogens is 1. The van der Waals surface area contributed by atoms with Crippen molar-refractivity contribution < 1.29 is 14.3 Å². The standard InChI is InChI=1S/C21H21ClN6O3/c1-11-5-7-13(8-6-11)19-18(12(2)23-21-25-26-27-28(19)21)20(29)24-15-10-16(30-3)14(22)9-17(15)31-4/h5-10,19H,1-4H3,(H,24,29)(H,23,25,27)/t19-/m0/s1. The number of ether oxygens (including phenoxy) is 2. The van der Waals surface area contributed by atoms with Gasteiger partial charge in [-0.3, -0.25) is 4.79 Å². The molecule has 0 saturated heterocycles. The van der Waals surface area contributed by atoms with Crippen LogP contribution in [0.15, 0.2) is 47.7 Å². The van der Waals surface area contributed by atoms with Gasteiger partial charge in [-0.1, -0.05) is 46.5 Å². The van der Waals surface area contributed by atoms with Crippen LogP contribution < -0.4 is 20.1 Å². The zero-order valence-electron chi connectivity index (χ0n) is 17.4. The number of tetrazole rings is 1. The smallest absolute Gasteiger partial charge is 0.255 e. The third-order valence-electron chi connectivity index (χ3n) is 5.07. The Balaban J connectivity index is 1.76. The van der Waals surface area contributed by atoms with Crippen molar-refractivity contribution in [2.24, 2.45) is 0 Å². The number of aromatic nitrogens is 4. The normalized spacial score (nSPS) is 15.2. The van der Waals surface area contributed by atoms with Gasteiger partial charge in [0, 0.05) is 17.8 Å². The van der Waals surface area contributed by atoms with Crippen LogP contribution in [0, 0.1) is 6.92 Å². The van der Waals surface area contributed by atoms with Gasteiger partial charge in [0.05, 0.1) is 30.5 Å². The van der Waals surface area contributed by atoms with Crippen LogP contribution in [-0.4, -0.2) is 40.3 Å². The summed E-state index contributed by atoms with van der Waals surface area (Å²) >= 11 is 6.19. The Bertz CT molecular complexity index is 1170. The molecule has 2 N–H and O–H groups in total. The lowest BCUT2D eigenvalue weighted by molar-refractivity contribution is -0.113. The van der Waals surface area contributed by atoms with Crippen LogP contribution in [-0.2, 0) is 4.79 Å². The highest BCUT2D eigenvalue weighted by Gasteiger charge is 2.34. The van der Waals surface area contributed by atoms with E-state index in [0.29, 0.717) is 39.4 Å². The molecule has 1 aromatic heterocycles.